The smallest absolute Gasteiger partial charge is 0.251 e. The summed E-state index contributed by atoms with van der Waals surface area (Å²) in [6, 6.07) is 6.45. The lowest BCUT2D eigenvalue weighted by Crippen LogP contribution is -2.51. The Bertz CT molecular complexity index is 723. The number of carbonyl (C=O) groups excluding carboxylic acids is 1. The Morgan fingerprint density at radius 3 is 2.35 bits per heavy atom. The van der Waals surface area contributed by atoms with Gasteiger partial charge in [0, 0.05) is 50.4 Å². The third kappa shape index (κ3) is 5.03. The molecular formula is C18H28N4O3S. The minimum atomic E-state index is -3.48. The number of rotatable bonds is 7. The van der Waals surface area contributed by atoms with Crippen molar-refractivity contribution >= 4 is 15.9 Å². The van der Waals surface area contributed by atoms with Crippen molar-refractivity contribution in [2.45, 2.75) is 36.7 Å². The lowest BCUT2D eigenvalue weighted by atomic mass is 10.2. The van der Waals surface area contributed by atoms with Crippen molar-refractivity contribution < 1.29 is 13.2 Å². The number of hydrogen-bond acceptors (Lipinski definition) is 5. The van der Waals surface area contributed by atoms with E-state index in [1.807, 2.05) is 0 Å². The van der Waals surface area contributed by atoms with Crippen molar-refractivity contribution in [1.29, 1.82) is 0 Å². The highest BCUT2D eigenvalue weighted by Crippen LogP contribution is 2.22. The Kier molecular flexibility index (Phi) is 5.96. The first-order chi connectivity index (χ1) is 12.3. The molecule has 0 radical (unpaired) electrons. The van der Waals surface area contributed by atoms with E-state index in [1.165, 1.54) is 12.1 Å². The molecule has 1 aliphatic heterocycles. The van der Waals surface area contributed by atoms with Crippen LogP contribution in [0.3, 0.4) is 0 Å². The highest BCUT2D eigenvalue weighted by Gasteiger charge is 2.28. The van der Waals surface area contributed by atoms with Crippen molar-refractivity contribution in [3.8, 4) is 0 Å². The molecule has 1 atom stereocenters. The van der Waals surface area contributed by atoms with Crippen LogP contribution in [0.4, 0.5) is 0 Å². The molecule has 0 bridgehead atoms. The van der Waals surface area contributed by atoms with Crippen LogP contribution in [0, 0.1) is 0 Å². The number of benzene rings is 1. The summed E-state index contributed by atoms with van der Waals surface area (Å²) < 4.78 is 27.0. The monoisotopic (exact) mass is 380 g/mol. The van der Waals surface area contributed by atoms with Crippen LogP contribution in [0.5, 0.6) is 0 Å². The van der Waals surface area contributed by atoms with E-state index in [4.69, 9.17) is 0 Å². The second-order valence-corrected chi connectivity index (χ2v) is 9.03. The highest BCUT2D eigenvalue weighted by atomic mass is 32.2. The normalized spacial score (nSPS) is 20.7. The van der Waals surface area contributed by atoms with E-state index in [9.17, 15) is 13.2 Å². The van der Waals surface area contributed by atoms with Crippen LogP contribution in [-0.2, 0) is 10.0 Å². The van der Waals surface area contributed by atoms with E-state index < -0.39 is 10.0 Å². The van der Waals surface area contributed by atoms with E-state index >= 15 is 0 Å². The molecule has 1 amide bonds. The summed E-state index contributed by atoms with van der Waals surface area (Å²) in [5, 5.41) is 2.95. The van der Waals surface area contributed by atoms with Crippen LogP contribution < -0.4 is 10.0 Å². The van der Waals surface area contributed by atoms with Gasteiger partial charge in [-0.1, -0.05) is 0 Å². The average molecular weight is 381 g/mol. The molecule has 1 unspecified atom stereocenters. The number of amides is 1. The summed E-state index contributed by atoms with van der Waals surface area (Å²) in [5.41, 5.74) is 0.473. The lowest BCUT2D eigenvalue weighted by molar-refractivity contribution is 0.0903. The molecule has 0 spiro atoms. The molecule has 1 saturated heterocycles. The Labute approximate surface area is 155 Å². The number of likely N-dealkylation sites (N-methyl/N-ethyl adjacent to an activating group) is 1. The van der Waals surface area contributed by atoms with Gasteiger partial charge in [0.2, 0.25) is 10.0 Å². The van der Waals surface area contributed by atoms with Crippen molar-refractivity contribution in [2.75, 3.05) is 39.8 Å². The first-order valence-electron chi connectivity index (χ1n) is 9.18. The van der Waals surface area contributed by atoms with Crippen molar-refractivity contribution in [2.24, 2.45) is 0 Å². The highest BCUT2D eigenvalue weighted by molar-refractivity contribution is 7.89. The first-order valence-corrected chi connectivity index (χ1v) is 10.7. The molecule has 2 aliphatic rings. The quantitative estimate of drug-likeness (QED) is 0.720. The fourth-order valence-corrected chi connectivity index (χ4v) is 4.31. The minimum Gasteiger partial charge on any atom is -0.350 e. The number of nitrogens with one attached hydrogen (secondary N) is 2. The topological polar surface area (TPSA) is 81.7 Å². The summed E-state index contributed by atoms with van der Waals surface area (Å²) in [7, 11) is -1.36. The summed E-state index contributed by atoms with van der Waals surface area (Å²) in [4.78, 5) is 17.2. The van der Waals surface area contributed by atoms with Crippen molar-refractivity contribution in [3.05, 3.63) is 29.8 Å². The largest absolute Gasteiger partial charge is 0.350 e. The molecule has 1 saturated carbocycles. The second kappa shape index (κ2) is 8.04. The zero-order valence-electron chi connectivity index (χ0n) is 15.4. The van der Waals surface area contributed by atoms with E-state index in [-0.39, 0.29) is 22.9 Å². The van der Waals surface area contributed by atoms with Crippen LogP contribution in [0.25, 0.3) is 0 Å². The Morgan fingerprint density at radius 2 is 1.77 bits per heavy atom. The molecule has 1 aromatic carbocycles. The summed E-state index contributed by atoms with van der Waals surface area (Å²) in [6.07, 6.45) is 1.79. The zero-order valence-corrected chi connectivity index (χ0v) is 16.3. The van der Waals surface area contributed by atoms with E-state index in [0.29, 0.717) is 12.1 Å². The van der Waals surface area contributed by atoms with Gasteiger partial charge in [-0.15, -0.1) is 0 Å². The lowest BCUT2D eigenvalue weighted by Gasteiger charge is -2.36. The van der Waals surface area contributed by atoms with Crippen LogP contribution in [0.1, 0.15) is 30.1 Å². The average Bonchev–Trinajstić information content (AvgIpc) is 3.43. The van der Waals surface area contributed by atoms with E-state index in [0.717, 1.165) is 39.0 Å². The zero-order chi connectivity index (χ0) is 18.7. The van der Waals surface area contributed by atoms with E-state index in [2.05, 4.69) is 33.8 Å². The molecule has 1 heterocycles. The third-order valence-electron chi connectivity index (χ3n) is 5.05. The number of hydrogen-bond donors (Lipinski definition) is 2. The Balaban J connectivity index is 1.51. The van der Waals surface area contributed by atoms with Crippen molar-refractivity contribution in [1.82, 2.24) is 19.8 Å². The maximum atomic E-state index is 12.3. The summed E-state index contributed by atoms with van der Waals surface area (Å²) in [6.45, 7) is 6.80. The summed E-state index contributed by atoms with van der Waals surface area (Å²) in [5.74, 6) is -0.176. The van der Waals surface area contributed by atoms with Gasteiger partial charge in [0.05, 0.1) is 4.90 Å². The predicted molar refractivity (Wildman–Crippen MR) is 101 cm³/mol. The molecule has 7 nitrogen and oxygen atoms in total. The molecule has 1 aliphatic carbocycles. The number of carbonyl (C=O) groups is 1. The summed E-state index contributed by atoms with van der Waals surface area (Å²) >= 11 is 0. The standard InChI is InChI=1S/C18H28N4O3S/c1-14(22-11-9-21(2)10-12-22)13-19-18(23)15-3-7-17(8-4-15)26(24,25)20-16-5-6-16/h3-4,7-8,14,16,20H,5-6,9-13H2,1-2H3,(H,19,23). The van der Waals surface area contributed by atoms with Crippen LogP contribution in [0.2, 0.25) is 0 Å². The van der Waals surface area contributed by atoms with Gasteiger partial charge in [-0.05, 0) is 51.1 Å². The van der Waals surface area contributed by atoms with Gasteiger partial charge in [0.25, 0.3) is 5.91 Å². The maximum Gasteiger partial charge on any atom is 0.251 e. The maximum absolute atomic E-state index is 12.3. The van der Waals surface area contributed by atoms with Crippen LogP contribution in [-0.4, -0.2) is 76.0 Å². The predicted octanol–water partition coefficient (Wildman–Crippen LogP) is 0.493. The van der Waals surface area contributed by atoms with Crippen LogP contribution in [0.15, 0.2) is 29.2 Å². The second-order valence-electron chi connectivity index (χ2n) is 7.32. The number of piperazine rings is 1. The van der Waals surface area contributed by atoms with Crippen molar-refractivity contribution in [3.63, 3.8) is 0 Å². The number of nitrogens with zero attached hydrogens (tertiary/aromatic N) is 2. The van der Waals surface area contributed by atoms with Gasteiger partial charge in [-0.2, -0.15) is 0 Å². The van der Waals surface area contributed by atoms with Crippen LogP contribution >= 0.6 is 0 Å². The SMILES string of the molecule is CC(CNC(=O)c1ccc(S(=O)(=O)NC2CC2)cc1)N1CCN(C)CC1. The molecule has 8 heteroatoms. The molecule has 3 rings (SSSR count). The molecule has 2 fully saturated rings. The van der Waals surface area contributed by atoms with Gasteiger partial charge in [0.15, 0.2) is 0 Å². The first kappa shape index (κ1) is 19.3. The Hall–Kier alpha value is -1.48. The van der Waals surface area contributed by atoms with Gasteiger partial charge < -0.3 is 10.2 Å². The molecule has 26 heavy (non-hydrogen) atoms. The Morgan fingerprint density at radius 1 is 1.15 bits per heavy atom. The molecule has 0 aromatic heterocycles. The molecule has 1 aromatic rings. The third-order valence-corrected chi connectivity index (χ3v) is 6.58. The van der Waals surface area contributed by atoms with Gasteiger partial charge in [-0.3, -0.25) is 9.69 Å². The number of sulfonamides is 1. The minimum absolute atomic E-state index is 0.0686. The van der Waals surface area contributed by atoms with Gasteiger partial charge in [-0.25, -0.2) is 13.1 Å². The molecule has 2 N–H and O–H groups in total. The van der Waals surface area contributed by atoms with E-state index in [1.54, 1.807) is 12.1 Å². The fraction of sp³-hybridized carbons (Fsp3) is 0.611. The van der Waals surface area contributed by atoms with Gasteiger partial charge in [0.1, 0.15) is 0 Å². The molecule has 144 valence electrons. The molecular weight excluding hydrogens is 352 g/mol. The van der Waals surface area contributed by atoms with Gasteiger partial charge >= 0.3 is 0 Å². The fourth-order valence-electron chi connectivity index (χ4n) is 3.01.